The average molecular weight is 382 g/mol. The maximum atomic E-state index is 12.6. The summed E-state index contributed by atoms with van der Waals surface area (Å²) >= 11 is 0. The molecule has 0 spiro atoms. The van der Waals surface area contributed by atoms with Gasteiger partial charge in [-0.1, -0.05) is 24.3 Å². The molecule has 1 aliphatic rings. The molecule has 0 aliphatic carbocycles. The van der Waals surface area contributed by atoms with Gasteiger partial charge >= 0.3 is 5.97 Å². The van der Waals surface area contributed by atoms with E-state index in [0.29, 0.717) is 23.7 Å². The molecule has 3 rings (SSSR count). The van der Waals surface area contributed by atoms with Crippen LogP contribution >= 0.6 is 0 Å². The van der Waals surface area contributed by atoms with Gasteiger partial charge in [-0.2, -0.15) is 5.10 Å². The molecule has 3 N–H and O–H groups in total. The van der Waals surface area contributed by atoms with Crippen LogP contribution in [0.2, 0.25) is 0 Å². The van der Waals surface area contributed by atoms with Gasteiger partial charge in [0, 0.05) is 6.42 Å². The Kier molecular flexibility index (Phi) is 5.63. The molecule has 146 valence electrons. The van der Waals surface area contributed by atoms with E-state index in [2.05, 4.69) is 5.10 Å². The summed E-state index contributed by atoms with van der Waals surface area (Å²) < 4.78 is 11.7. The summed E-state index contributed by atoms with van der Waals surface area (Å²) in [5.41, 5.74) is 1.52. The Labute approximate surface area is 162 Å². The van der Waals surface area contributed by atoms with Gasteiger partial charge < -0.3 is 20.4 Å². The van der Waals surface area contributed by atoms with E-state index in [1.54, 1.807) is 31.3 Å². The first-order valence-electron chi connectivity index (χ1n) is 8.92. The highest BCUT2D eigenvalue weighted by atomic mass is 16.5. The predicted molar refractivity (Wildman–Crippen MR) is 104 cm³/mol. The lowest BCUT2D eigenvalue weighted by atomic mass is 9.88. The van der Waals surface area contributed by atoms with Gasteiger partial charge in [-0.05, 0) is 42.7 Å². The molecular weight excluding hydrogens is 360 g/mol. The van der Waals surface area contributed by atoms with Crippen LogP contribution in [0.5, 0.6) is 11.5 Å². The fourth-order valence-electron chi connectivity index (χ4n) is 3.11. The second kappa shape index (κ2) is 8.12. The standard InChI is InChI=1S/C21H22N2O5/c1-21(9-8-20(25)26)11-18(24)17-10-16(6-7-19(17)28-21)27-13-15-4-2-14(3-5-15)12-23-22/h2-7,10,12H,8-9,11,13,22H2,1H3,(H,25,26). The zero-order valence-electron chi connectivity index (χ0n) is 15.6. The Bertz CT molecular complexity index is 908. The largest absolute Gasteiger partial charge is 0.489 e. The molecule has 7 nitrogen and oxygen atoms in total. The summed E-state index contributed by atoms with van der Waals surface area (Å²) in [5, 5.41) is 12.4. The third-order valence-corrected chi connectivity index (χ3v) is 4.62. The van der Waals surface area contributed by atoms with E-state index in [1.165, 1.54) is 0 Å². The Morgan fingerprint density at radius 2 is 2.07 bits per heavy atom. The van der Waals surface area contributed by atoms with Crippen LogP contribution < -0.4 is 15.3 Å². The van der Waals surface area contributed by atoms with Crippen molar-refractivity contribution in [3.8, 4) is 11.5 Å². The molecule has 0 radical (unpaired) electrons. The number of aliphatic carboxylic acids is 1. The maximum Gasteiger partial charge on any atom is 0.303 e. The average Bonchev–Trinajstić information content (AvgIpc) is 2.66. The lowest BCUT2D eigenvalue weighted by Gasteiger charge is -2.34. The van der Waals surface area contributed by atoms with Crippen molar-refractivity contribution >= 4 is 18.0 Å². The number of hydrogen-bond acceptors (Lipinski definition) is 6. The van der Waals surface area contributed by atoms with Crippen LogP contribution in [0.4, 0.5) is 0 Å². The number of carboxylic acids is 1. The summed E-state index contributed by atoms with van der Waals surface area (Å²) in [7, 11) is 0. The van der Waals surface area contributed by atoms with E-state index in [9.17, 15) is 9.59 Å². The number of nitrogens with two attached hydrogens (primary N) is 1. The van der Waals surface area contributed by atoms with Gasteiger partial charge in [0.15, 0.2) is 5.78 Å². The molecule has 28 heavy (non-hydrogen) atoms. The first kappa shape index (κ1) is 19.4. The van der Waals surface area contributed by atoms with Crippen molar-refractivity contribution in [3.05, 3.63) is 59.2 Å². The van der Waals surface area contributed by atoms with Gasteiger partial charge in [0.05, 0.1) is 18.2 Å². The van der Waals surface area contributed by atoms with Crippen LogP contribution in [0, 0.1) is 0 Å². The molecule has 0 saturated heterocycles. The normalized spacial score (nSPS) is 18.5. The SMILES string of the molecule is CC1(CCC(=O)O)CC(=O)c2cc(OCc3ccc(C=NN)cc3)ccc2O1. The first-order chi connectivity index (χ1) is 13.4. The summed E-state index contributed by atoms with van der Waals surface area (Å²) in [6.07, 6.45) is 1.93. The van der Waals surface area contributed by atoms with Crippen molar-refractivity contribution in [1.29, 1.82) is 0 Å². The molecule has 1 aliphatic heterocycles. The highest BCUT2D eigenvalue weighted by Gasteiger charge is 2.36. The summed E-state index contributed by atoms with van der Waals surface area (Å²) in [6.45, 7) is 2.12. The van der Waals surface area contributed by atoms with E-state index in [-0.39, 0.29) is 25.0 Å². The Morgan fingerprint density at radius 3 is 2.75 bits per heavy atom. The lowest BCUT2D eigenvalue weighted by molar-refractivity contribution is -0.138. The number of ether oxygens (including phenoxy) is 2. The predicted octanol–water partition coefficient (Wildman–Crippen LogP) is 3.15. The van der Waals surface area contributed by atoms with Crippen molar-refractivity contribution in [2.75, 3.05) is 0 Å². The number of nitrogens with zero attached hydrogens (tertiary/aromatic N) is 1. The van der Waals surface area contributed by atoms with E-state index >= 15 is 0 Å². The molecule has 1 heterocycles. The van der Waals surface area contributed by atoms with Gasteiger partial charge in [-0.3, -0.25) is 9.59 Å². The number of carbonyl (C=O) groups is 2. The minimum absolute atomic E-state index is 0.0454. The van der Waals surface area contributed by atoms with Gasteiger partial charge in [-0.15, -0.1) is 0 Å². The lowest BCUT2D eigenvalue weighted by Crippen LogP contribution is -2.39. The van der Waals surface area contributed by atoms with Crippen molar-refractivity contribution in [1.82, 2.24) is 0 Å². The van der Waals surface area contributed by atoms with E-state index < -0.39 is 11.6 Å². The van der Waals surface area contributed by atoms with Crippen molar-refractivity contribution in [3.63, 3.8) is 0 Å². The van der Waals surface area contributed by atoms with Crippen molar-refractivity contribution in [2.24, 2.45) is 10.9 Å². The van der Waals surface area contributed by atoms with Gasteiger partial charge in [0.2, 0.25) is 0 Å². The highest BCUT2D eigenvalue weighted by Crippen LogP contribution is 2.37. The quantitative estimate of drug-likeness (QED) is 0.432. The molecule has 0 amide bonds. The summed E-state index contributed by atoms with van der Waals surface area (Å²) in [6, 6.07) is 12.7. The number of hydrogen-bond donors (Lipinski definition) is 2. The number of hydrazone groups is 1. The monoisotopic (exact) mass is 382 g/mol. The molecule has 0 saturated carbocycles. The van der Waals surface area contributed by atoms with E-state index in [1.807, 2.05) is 24.3 Å². The molecule has 1 atom stereocenters. The molecule has 1 unspecified atom stereocenters. The van der Waals surface area contributed by atoms with Crippen LogP contribution in [-0.2, 0) is 11.4 Å². The number of benzene rings is 2. The number of carbonyl (C=O) groups excluding carboxylic acids is 1. The third kappa shape index (κ3) is 4.68. The number of Topliss-reactive ketones (excluding diaryl/α,β-unsaturated/α-hetero) is 1. The third-order valence-electron chi connectivity index (χ3n) is 4.62. The van der Waals surface area contributed by atoms with Crippen LogP contribution in [0.15, 0.2) is 47.6 Å². The fraction of sp³-hybridized carbons (Fsp3) is 0.286. The molecule has 7 heteroatoms. The molecule has 2 aromatic rings. The summed E-state index contributed by atoms with van der Waals surface area (Å²) in [4.78, 5) is 23.4. The van der Waals surface area contributed by atoms with E-state index in [4.69, 9.17) is 20.4 Å². The second-order valence-electron chi connectivity index (χ2n) is 7.01. The molecule has 0 bridgehead atoms. The molecular formula is C21H22N2O5. The number of carboxylic acid groups (broad SMARTS) is 1. The van der Waals surface area contributed by atoms with Crippen LogP contribution in [-0.4, -0.2) is 28.7 Å². The molecule has 0 fully saturated rings. The first-order valence-corrected chi connectivity index (χ1v) is 8.92. The van der Waals surface area contributed by atoms with Crippen LogP contribution in [0.3, 0.4) is 0 Å². The second-order valence-corrected chi connectivity index (χ2v) is 7.01. The Balaban J connectivity index is 1.67. The Hall–Kier alpha value is -3.35. The van der Waals surface area contributed by atoms with Gasteiger partial charge in [0.1, 0.15) is 23.7 Å². The zero-order chi connectivity index (χ0) is 20.1. The highest BCUT2D eigenvalue weighted by molar-refractivity contribution is 6.00. The van der Waals surface area contributed by atoms with Crippen LogP contribution in [0.25, 0.3) is 0 Å². The van der Waals surface area contributed by atoms with Crippen LogP contribution in [0.1, 0.15) is 47.7 Å². The fourth-order valence-corrected chi connectivity index (χ4v) is 3.11. The van der Waals surface area contributed by atoms with E-state index in [0.717, 1.165) is 11.1 Å². The molecule has 2 aromatic carbocycles. The summed E-state index contributed by atoms with van der Waals surface area (Å²) in [5.74, 6) is 5.17. The zero-order valence-corrected chi connectivity index (χ0v) is 15.6. The smallest absolute Gasteiger partial charge is 0.303 e. The van der Waals surface area contributed by atoms with Crippen molar-refractivity contribution < 1.29 is 24.2 Å². The maximum absolute atomic E-state index is 12.6. The van der Waals surface area contributed by atoms with Gasteiger partial charge in [-0.25, -0.2) is 0 Å². The van der Waals surface area contributed by atoms with Crippen molar-refractivity contribution in [2.45, 2.75) is 38.4 Å². The topological polar surface area (TPSA) is 111 Å². The van der Waals surface area contributed by atoms with Gasteiger partial charge in [0.25, 0.3) is 0 Å². The number of ketones is 1. The molecule has 0 aromatic heterocycles. The number of rotatable bonds is 7. The Morgan fingerprint density at radius 1 is 1.32 bits per heavy atom. The number of fused-ring (bicyclic) bond motifs is 1. The minimum Gasteiger partial charge on any atom is -0.489 e. The minimum atomic E-state index is -0.907.